The van der Waals surface area contributed by atoms with Crippen molar-refractivity contribution in [3.05, 3.63) is 88.7 Å². The van der Waals surface area contributed by atoms with E-state index < -0.39 is 0 Å². The summed E-state index contributed by atoms with van der Waals surface area (Å²) in [5, 5.41) is 0. The number of nitrogens with zero attached hydrogens (tertiary/aromatic N) is 2. The van der Waals surface area contributed by atoms with Crippen molar-refractivity contribution in [3.63, 3.8) is 0 Å². The Hall–Kier alpha value is -2.85. The molecule has 2 aromatic carbocycles. The summed E-state index contributed by atoms with van der Waals surface area (Å²) in [6.45, 7) is 7.95. The summed E-state index contributed by atoms with van der Waals surface area (Å²) in [6, 6.07) is 19.5. The van der Waals surface area contributed by atoms with Gasteiger partial charge in [-0.25, -0.2) is 0 Å². The normalized spacial score (nSPS) is 18.7. The summed E-state index contributed by atoms with van der Waals surface area (Å²) < 4.78 is 12.0. The number of rotatable bonds is 7. The van der Waals surface area contributed by atoms with Gasteiger partial charge in [-0.3, -0.25) is 9.88 Å². The third kappa shape index (κ3) is 5.22. The first-order valence-electron chi connectivity index (χ1n) is 12.3. The van der Waals surface area contributed by atoms with E-state index in [2.05, 4.69) is 79.5 Å². The van der Waals surface area contributed by atoms with E-state index in [-0.39, 0.29) is 6.10 Å². The summed E-state index contributed by atoms with van der Waals surface area (Å²) >= 11 is 0. The molecule has 1 fully saturated rings. The third-order valence-corrected chi connectivity index (χ3v) is 6.88. The zero-order chi connectivity index (χ0) is 22.6. The van der Waals surface area contributed by atoms with Crippen LogP contribution < -0.4 is 9.47 Å². The van der Waals surface area contributed by atoms with Crippen LogP contribution in [0.3, 0.4) is 0 Å². The molecular formula is C29H34N2O2. The summed E-state index contributed by atoms with van der Waals surface area (Å²) in [4.78, 5) is 7.38. The van der Waals surface area contributed by atoms with Crippen molar-refractivity contribution in [1.29, 1.82) is 0 Å². The first kappa shape index (κ1) is 22.0. The van der Waals surface area contributed by atoms with Gasteiger partial charge >= 0.3 is 0 Å². The first-order chi connectivity index (χ1) is 16.2. The summed E-state index contributed by atoms with van der Waals surface area (Å²) in [5.41, 5.74) is 6.36. The number of hydrogen-bond donors (Lipinski definition) is 0. The maximum absolute atomic E-state index is 6.01. The minimum atomic E-state index is 0.257. The molecule has 2 aliphatic rings. The number of aromatic nitrogens is 1. The Bertz CT molecular complexity index is 1060. The molecule has 0 N–H and O–H groups in total. The molecule has 2 aliphatic heterocycles. The highest BCUT2D eigenvalue weighted by Gasteiger charge is 2.25. The minimum Gasteiger partial charge on any atom is -0.494 e. The Morgan fingerprint density at radius 3 is 2.58 bits per heavy atom. The van der Waals surface area contributed by atoms with Gasteiger partial charge in [0.2, 0.25) is 0 Å². The van der Waals surface area contributed by atoms with Gasteiger partial charge < -0.3 is 9.47 Å². The van der Waals surface area contributed by atoms with Crippen molar-refractivity contribution >= 4 is 0 Å². The second kappa shape index (κ2) is 9.96. The number of benzene rings is 2. The fourth-order valence-corrected chi connectivity index (χ4v) is 5.14. The predicted molar refractivity (Wildman–Crippen MR) is 132 cm³/mol. The highest BCUT2D eigenvalue weighted by atomic mass is 16.5. The minimum absolute atomic E-state index is 0.257. The lowest BCUT2D eigenvalue weighted by Gasteiger charge is -2.32. The van der Waals surface area contributed by atoms with E-state index in [0.717, 1.165) is 56.8 Å². The summed E-state index contributed by atoms with van der Waals surface area (Å²) in [7, 11) is 0. The molecule has 4 nitrogen and oxygen atoms in total. The molecule has 0 radical (unpaired) electrons. The fraction of sp³-hybridized carbons (Fsp3) is 0.414. The van der Waals surface area contributed by atoms with Crippen LogP contribution in [0.5, 0.6) is 11.5 Å². The van der Waals surface area contributed by atoms with Crippen molar-refractivity contribution in [2.75, 3.05) is 19.7 Å². The molecule has 172 valence electrons. The zero-order valence-corrected chi connectivity index (χ0v) is 19.8. The molecule has 0 bridgehead atoms. The number of fused-ring (bicyclic) bond motifs is 1. The third-order valence-electron chi connectivity index (χ3n) is 6.88. The Labute approximate surface area is 197 Å². The van der Waals surface area contributed by atoms with Crippen molar-refractivity contribution in [2.24, 2.45) is 0 Å². The monoisotopic (exact) mass is 442 g/mol. The predicted octanol–water partition coefficient (Wildman–Crippen LogP) is 5.77. The maximum Gasteiger partial charge on any atom is 0.124 e. The molecule has 1 unspecified atom stereocenters. The number of piperidine rings is 1. The Kier molecular flexibility index (Phi) is 6.63. The lowest BCUT2D eigenvalue weighted by molar-refractivity contribution is 0.199. The molecule has 5 rings (SSSR count). The molecule has 0 aliphatic carbocycles. The zero-order valence-electron chi connectivity index (χ0n) is 19.8. The average Bonchev–Trinajstić information content (AvgIpc) is 3.20. The van der Waals surface area contributed by atoms with E-state index in [4.69, 9.17) is 14.5 Å². The van der Waals surface area contributed by atoms with Crippen LogP contribution in [0.4, 0.5) is 0 Å². The van der Waals surface area contributed by atoms with E-state index in [1.54, 1.807) is 0 Å². The SMILES string of the molecule is CCOc1cc2c(cc1CN1CCC(c3ccc(Cc4ccccc4)cn3)CC1)OC(C)C2. The molecule has 0 amide bonds. The van der Waals surface area contributed by atoms with Crippen molar-refractivity contribution in [1.82, 2.24) is 9.88 Å². The smallest absolute Gasteiger partial charge is 0.124 e. The number of ether oxygens (including phenoxy) is 2. The van der Waals surface area contributed by atoms with Crippen molar-refractivity contribution in [2.45, 2.75) is 58.1 Å². The second-order valence-electron chi connectivity index (χ2n) is 9.44. The van der Waals surface area contributed by atoms with Gasteiger partial charge in [-0.2, -0.15) is 0 Å². The topological polar surface area (TPSA) is 34.6 Å². The van der Waals surface area contributed by atoms with Gasteiger partial charge in [0.1, 0.15) is 17.6 Å². The van der Waals surface area contributed by atoms with Crippen LogP contribution >= 0.6 is 0 Å². The van der Waals surface area contributed by atoms with E-state index in [1.165, 1.54) is 27.9 Å². The van der Waals surface area contributed by atoms with Gasteiger partial charge in [-0.1, -0.05) is 36.4 Å². The fourth-order valence-electron chi connectivity index (χ4n) is 5.14. The van der Waals surface area contributed by atoms with Crippen molar-refractivity contribution < 1.29 is 9.47 Å². The first-order valence-corrected chi connectivity index (χ1v) is 12.3. The molecular weight excluding hydrogens is 408 g/mol. The Morgan fingerprint density at radius 2 is 1.85 bits per heavy atom. The molecule has 33 heavy (non-hydrogen) atoms. The molecule has 1 aromatic heterocycles. The highest BCUT2D eigenvalue weighted by molar-refractivity contribution is 5.48. The number of likely N-dealkylation sites (tertiary alicyclic amines) is 1. The molecule has 1 saturated heterocycles. The number of pyridine rings is 1. The second-order valence-corrected chi connectivity index (χ2v) is 9.44. The van der Waals surface area contributed by atoms with Gasteiger partial charge in [0, 0.05) is 41.9 Å². The van der Waals surface area contributed by atoms with Crippen LogP contribution in [-0.2, 0) is 19.4 Å². The maximum atomic E-state index is 6.01. The van der Waals surface area contributed by atoms with Gasteiger partial charge in [0.05, 0.1) is 6.61 Å². The average molecular weight is 443 g/mol. The summed E-state index contributed by atoms with van der Waals surface area (Å²) in [6.07, 6.45) is 6.53. The number of hydrogen-bond acceptors (Lipinski definition) is 4. The quantitative estimate of drug-likeness (QED) is 0.465. The van der Waals surface area contributed by atoms with Gasteiger partial charge in [-0.05, 0) is 75.5 Å². The lowest BCUT2D eigenvalue weighted by Crippen LogP contribution is -2.32. The molecule has 1 atom stereocenters. The van der Waals surface area contributed by atoms with E-state index in [9.17, 15) is 0 Å². The van der Waals surface area contributed by atoms with Crippen molar-refractivity contribution in [3.8, 4) is 11.5 Å². The van der Waals surface area contributed by atoms with E-state index in [1.807, 2.05) is 0 Å². The van der Waals surface area contributed by atoms with E-state index in [0.29, 0.717) is 12.5 Å². The highest BCUT2D eigenvalue weighted by Crippen LogP contribution is 2.36. The molecule has 4 heteroatoms. The van der Waals surface area contributed by atoms with Crippen LogP contribution in [-0.4, -0.2) is 35.7 Å². The van der Waals surface area contributed by atoms with Gasteiger partial charge in [0.25, 0.3) is 0 Å². The largest absolute Gasteiger partial charge is 0.494 e. The molecule has 0 saturated carbocycles. The van der Waals surface area contributed by atoms with Gasteiger partial charge in [-0.15, -0.1) is 0 Å². The lowest BCUT2D eigenvalue weighted by atomic mass is 9.92. The van der Waals surface area contributed by atoms with Crippen LogP contribution in [0.1, 0.15) is 60.6 Å². The molecule has 0 spiro atoms. The Balaban J connectivity index is 1.19. The van der Waals surface area contributed by atoms with Crippen LogP contribution in [0.15, 0.2) is 60.8 Å². The molecule has 3 heterocycles. The van der Waals surface area contributed by atoms with Gasteiger partial charge in [0.15, 0.2) is 0 Å². The Morgan fingerprint density at radius 1 is 1.03 bits per heavy atom. The van der Waals surface area contributed by atoms with E-state index >= 15 is 0 Å². The standard InChI is InChI=1S/C29H34N2O2/c1-3-32-28-17-25-15-21(2)33-29(25)18-26(28)20-31-13-11-24(12-14-31)27-10-9-23(19-30-27)16-22-7-5-4-6-8-22/h4-10,17-19,21,24H,3,11-16,20H2,1-2H3. The summed E-state index contributed by atoms with van der Waals surface area (Å²) in [5.74, 6) is 2.60. The van der Waals surface area contributed by atoms with Crippen LogP contribution in [0.25, 0.3) is 0 Å². The van der Waals surface area contributed by atoms with Crippen LogP contribution in [0.2, 0.25) is 0 Å². The molecule has 3 aromatic rings. The van der Waals surface area contributed by atoms with Crippen LogP contribution in [0, 0.1) is 0 Å².